The van der Waals surface area contributed by atoms with Gasteiger partial charge in [-0.05, 0) is 165 Å². The van der Waals surface area contributed by atoms with Crippen molar-refractivity contribution in [2.75, 3.05) is 26.4 Å². The number of nitrogens with zero attached hydrogens (tertiary/aromatic N) is 8. The quantitative estimate of drug-likeness (QED) is 0.0668. The number of hydrogen-bond donors (Lipinski definition) is 0. The molecule has 0 aliphatic carbocycles. The SMILES string of the molecule is C1CCOC1.C1CCOC1.CC(C)c1cc(C=Nc2ccc(C(C)(C)C)cc2)[n-]c1C(C)C.CC(C)c1cc(C=Nc2ccc(C(C)(C)C)cc2)[n-]c1C(C)C.CC(C)c1cc(C=Nc2ccc(C(C)(C)C)cc2)[n-]c1C(C)C.CC(C)c1cc(C=Nc2ccc(C(C)(C)C)cc2)[n-]c1C(C)C.[Mo].[Mo].[Mo].[Mo].[O-2].[O-2].[O-2].[O-2].[O-2].[O-2].[O-2].[O-2]. The third-order valence-electron chi connectivity index (χ3n) is 18.0. The van der Waals surface area contributed by atoms with Gasteiger partial charge < -0.3 is 73.2 Å². The molecule has 4 aromatic heterocycles. The van der Waals surface area contributed by atoms with Crippen LogP contribution in [0.1, 0.15) is 357 Å². The molecule has 2 aliphatic heterocycles. The fourth-order valence-electron chi connectivity index (χ4n) is 11.6. The van der Waals surface area contributed by atoms with Crippen LogP contribution in [-0.4, -0.2) is 51.3 Å². The van der Waals surface area contributed by atoms with Crippen molar-refractivity contribution in [2.24, 2.45) is 20.0 Å². The molecule has 2 aliphatic rings. The summed E-state index contributed by atoms with van der Waals surface area (Å²) in [5.74, 6) is 3.75. The monoisotopic (exact) mass is 1900 g/mol. The molecule has 114 heavy (non-hydrogen) atoms. The van der Waals surface area contributed by atoms with E-state index in [0.29, 0.717) is 47.3 Å². The molecule has 8 aromatic rings. The van der Waals surface area contributed by atoms with Crippen LogP contribution in [0.2, 0.25) is 0 Å². The Morgan fingerprint density at radius 2 is 0.404 bits per heavy atom. The van der Waals surface area contributed by atoms with Crippen molar-refractivity contribution in [3.8, 4) is 0 Å². The van der Waals surface area contributed by atoms with Crippen molar-refractivity contribution in [3.05, 3.63) is 211 Å². The molecule has 2 saturated heterocycles. The smallest absolute Gasteiger partial charge is 0.0629 e. The summed E-state index contributed by atoms with van der Waals surface area (Å²) in [5.41, 5.74) is 23.9. The Bertz CT molecular complexity index is 3270. The first-order chi connectivity index (χ1) is 47.7. The van der Waals surface area contributed by atoms with E-state index in [1.807, 2.05) is 24.9 Å². The summed E-state index contributed by atoms with van der Waals surface area (Å²) in [4.78, 5) is 37.4. The van der Waals surface area contributed by atoms with Gasteiger partial charge in [0.05, 0.1) is 22.7 Å². The van der Waals surface area contributed by atoms with Crippen LogP contribution >= 0.6 is 0 Å². The summed E-state index contributed by atoms with van der Waals surface area (Å²) in [6.45, 7) is 66.0. The Balaban J connectivity index is -0.000000203. The van der Waals surface area contributed by atoms with E-state index in [1.54, 1.807) is 0 Å². The summed E-state index contributed by atoms with van der Waals surface area (Å²) in [6, 6.07) is 42.6. The van der Waals surface area contributed by atoms with Gasteiger partial charge >= 0.3 is 0 Å². The first kappa shape index (κ1) is 125. The number of aromatic nitrogens is 4. The van der Waals surface area contributed by atoms with E-state index in [9.17, 15) is 0 Å². The maximum absolute atomic E-state index is 4.94. The summed E-state index contributed by atoms with van der Waals surface area (Å²) >= 11 is 0. The Kier molecular flexibility index (Phi) is 64.3. The molecule has 0 radical (unpaired) electrons. The van der Waals surface area contributed by atoms with E-state index < -0.39 is 0 Å². The van der Waals surface area contributed by atoms with Gasteiger partial charge in [-0.3, -0.25) is 20.0 Å². The van der Waals surface area contributed by atoms with Crippen LogP contribution in [0.4, 0.5) is 22.7 Å². The predicted molar refractivity (Wildman–Crippen MR) is 447 cm³/mol. The van der Waals surface area contributed by atoms with Crippen LogP contribution in [0.5, 0.6) is 0 Å². The molecule has 0 saturated carbocycles. The zero-order valence-electron chi connectivity index (χ0n) is 73.4. The topological polar surface area (TPSA) is 352 Å². The molecule has 0 spiro atoms. The first-order valence-electron chi connectivity index (χ1n) is 38.2. The summed E-state index contributed by atoms with van der Waals surface area (Å²) in [6.07, 6.45) is 12.6. The van der Waals surface area contributed by atoms with Gasteiger partial charge in [-0.2, -0.15) is 22.8 Å². The molecule has 644 valence electrons. The first-order valence-corrected chi connectivity index (χ1v) is 38.2. The van der Waals surface area contributed by atoms with Crippen LogP contribution in [0.25, 0.3) is 0 Å². The van der Waals surface area contributed by atoms with Gasteiger partial charge in [0.1, 0.15) is 0 Å². The number of benzene rings is 4. The Labute approximate surface area is 745 Å². The van der Waals surface area contributed by atoms with E-state index >= 15 is 0 Å². The summed E-state index contributed by atoms with van der Waals surface area (Å²) in [5, 5.41) is 0. The number of hydrogen-bond acceptors (Lipinski definition) is 6. The minimum atomic E-state index is 0. The number of rotatable bonds is 16. The minimum absolute atomic E-state index is 0. The molecule has 0 N–H and O–H groups in total. The van der Waals surface area contributed by atoms with Gasteiger partial charge in [-0.1, -0.05) is 289 Å². The zero-order chi connectivity index (χ0) is 75.9. The number of aliphatic imine (C=N–C) groups is 4. The van der Waals surface area contributed by atoms with E-state index in [-0.39, 0.29) is 150 Å². The molecule has 18 nitrogen and oxygen atoms in total. The van der Waals surface area contributed by atoms with Gasteiger partial charge in [0.25, 0.3) is 0 Å². The molecule has 0 atom stereocenters. The molecule has 6 heterocycles. The average Bonchev–Trinajstić information content (AvgIpc) is 1.80. The third-order valence-corrected chi connectivity index (χ3v) is 18.0. The molecule has 4 aromatic carbocycles. The van der Waals surface area contributed by atoms with Gasteiger partial charge in [0, 0.05) is 136 Å². The fourth-order valence-corrected chi connectivity index (χ4v) is 11.6. The molecule has 22 heteroatoms. The zero-order valence-corrected chi connectivity index (χ0v) is 81.5. The van der Waals surface area contributed by atoms with Crippen LogP contribution in [0.3, 0.4) is 0 Å². The fraction of sp³-hybridized carbons (Fsp3) is 0.522. The molecule has 0 amide bonds. The Morgan fingerprint density at radius 3 is 0.500 bits per heavy atom. The minimum Gasteiger partial charge on any atom is -2.00 e. The number of ether oxygens (including phenoxy) is 2. The summed E-state index contributed by atoms with van der Waals surface area (Å²) < 4.78 is 9.89. The predicted octanol–water partition coefficient (Wildman–Crippen LogP) is 24.4. The van der Waals surface area contributed by atoms with E-state index in [4.69, 9.17) is 29.4 Å². The maximum Gasteiger partial charge on any atom is 0.0629 e. The average molecular weight is 1890 g/mol. The third kappa shape index (κ3) is 42.1. The Morgan fingerprint density at radius 1 is 0.254 bits per heavy atom. The van der Waals surface area contributed by atoms with Gasteiger partial charge in [0.15, 0.2) is 0 Å². The van der Waals surface area contributed by atoms with Gasteiger partial charge in [-0.25, -0.2) is 0 Å². The van der Waals surface area contributed by atoms with Crippen molar-refractivity contribution in [1.29, 1.82) is 0 Å². The molecule has 2 fully saturated rings. The standard InChI is InChI=1S/4C21H29N2.2C4H8O.4Mo.8O/c4*1-14(2)19-12-18(23-20(19)15(3)4)13-22-17-10-8-16(9-11-17)21(5,6)7;2*1-2-4-5-3-1;;;;;;;;;;;;/h4*8-15H,1-7H3;2*1-4H2;;;;;;;;;;;;/q4*-1;;;;;;;8*-2. The molecular weight excluding hydrogens is 1760 g/mol. The van der Waals surface area contributed by atoms with E-state index in [1.165, 1.54) is 93.0 Å². The second kappa shape index (κ2) is 58.8. The van der Waals surface area contributed by atoms with Crippen molar-refractivity contribution in [3.63, 3.8) is 0 Å². The van der Waals surface area contributed by atoms with Crippen molar-refractivity contribution in [1.82, 2.24) is 19.9 Å². The van der Waals surface area contributed by atoms with Crippen LogP contribution in [0, 0.1) is 0 Å². The van der Waals surface area contributed by atoms with Gasteiger partial charge in [0.2, 0.25) is 0 Å². The van der Waals surface area contributed by atoms with Crippen molar-refractivity contribution < 1.29 is 138 Å². The second-order valence-electron chi connectivity index (χ2n) is 34.2. The molecular formula is C92H132Mo4N8O10-20. The maximum atomic E-state index is 4.94. The van der Waals surface area contributed by atoms with Gasteiger partial charge in [-0.15, -0.1) is 22.8 Å². The second-order valence-corrected chi connectivity index (χ2v) is 34.2. The normalized spacial score (nSPS) is 12.4. The van der Waals surface area contributed by atoms with Crippen molar-refractivity contribution >= 4 is 47.6 Å². The molecule has 0 bridgehead atoms. The van der Waals surface area contributed by atoms with E-state index in [2.05, 4.69) is 335 Å². The van der Waals surface area contributed by atoms with Crippen LogP contribution in [-0.2, 0) is 159 Å². The Hall–Kier alpha value is -4.97. The van der Waals surface area contributed by atoms with Crippen LogP contribution < -0.4 is 19.9 Å². The van der Waals surface area contributed by atoms with Crippen LogP contribution in [0.15, 0.2) is 141 Å². The van der Waals surface area contributed by atoms with E-state index in [0.717, 1.165) is 72.0 Å². The summed E-state index contributed by atoms with van der Waals surface area (Å²) in [7, 11) is 0. The largest absolute Gasteiger partial charge is 2.00 e. The molecule has 0 unspecified atom stereocenters. The molecule has 10 rings (SSSR count). The van der Waals surface area contributed by atoms with Crippen molar-refractivity contribution in [2.45, 2.75) is 289 Å².